The first-order valence-corrected chi connectivity index (χ1v) is 10.6. The molecule has 0 bridgehead atoms. The van der Waals surface area contributed by atoms with Crippen LogP contribution in [0.25, 0.3) is 0 Å². The number of fused-ring (bicyclic) bond motifs is 3. The van der Waals surface area contributed by atoms with Crippen molar-refractivity contribution in [3.05, 3.63) is 47.3 Å². The van der Waals surface area contributed by atoms with Crippen LogP contribution in [-0.4, -0.2) is 47.0 Å². The lowest BCUT2D eigenvalue weighted by atomic mass is 9.55. The van der Waals surface area contributed by atoms with Crippen LogP contribution in [0.3, 0.4) is 0 Å². The van der Waals surface area contributed by atoms with Gasteiger partial charge in [0.05, 0.1) is 18.6 Å². The number of aromatic nitrogens is 2. The number of benzene rings is 1. The second-order valence-corrected chi connectivity index (χ2v) is 9.49. The maximum Gasteiger partial charge on any atom is 0.283 e. The number of carbonyl (C=O) groups is 1. The van der Waals surface area contributed by atoms with Crippen LogP contribution in [0, 0.1) is 5.41 Å². The fourth-order valence-corrected chi connectivity index (χ4v) is 4.98. The fourth-order valence-electron chi connectivity index (χ4n) is 4.98. The van der Waals surface area contributed by atoms with Crippen LogP contribution in [0.15, 0.2) is 35.5 Å². The van der Waals surface area contributed by atoms with Crippen LogP contribution in [0.5, 0.6) is 5.75 Å². The molecule has 4 heterocycles. The normalized spacial score (nSPS) is 25.0. The zero-order valence-corrected chi connectivity index (χ0v) is 18.3. The molecular formula is C23H28N4O4. The molecule has 1 fully saturated rings. The maximum atomic E-state index is 12.9. The average molecular weight is 425 g/mol. The Morgan fingerprint density at radius 1 is 1.23 bits per heavy atom. The van der Waals surface area contributed by atoms with Gasteiger partial charge in [-0.2, -0.15) is 5.10 Å². The third-order valence-corrected chi connectivity index (χ3v) is 7.01. The van der Waals surface area contributed by atoms with E-state index in [1.54, 1.807) is 10.7 Å². The van der Waals surface area contributed by atoms with E-state index in [9.17, 15) is 4.79 Å². The Bertz CT molecular complexity index is 1080. The molecule has 31 heavy (non-hydrogen) atoms. The highest BCUT2D eigenvalue weighted by Crippen LogP contribution is 2.62. The first kappa shape index (κ1) is 20.1. The molecule has 2 aromatic rings. The van der Waals surface area contributed by atoms with E-state index in [1.807, 2.05) is 38.2 Å². The second kappa shape index (κ2) is 6.56. The number of aliphatic imine (C=N–C) groups is 1. The number of carbonyl (C=O) groups excluding carboxylic acids is 1. The number of Topliss-reactive ketones (excluding diaryl/α,β-unsaturated/α-hetero) is 1. The van der Waals surface area contributed by atoms with E-state index in [1.165, 1.54) is 0 Å². The summed E-state index contributed by atoms with van der Waals surface area (Å²) in [5, 5.41) is 4.41. The van der Waals surface area contributed by atoms with Crippen LogP contribution in [0.1, 0.15) is 55.4 Å². The summed E-state index contributed by atoms with van der Waals surface area (Å²) in [5.41, 5.74) is 6.61. The van der Waals surface area contributed by atoms with Crippen molar-refractivity contribution in [2.75, 3.05) is 19.8 Å². The Kier molecular flexibility index (Phi) is 4.25. The topological polar surface area (TPSA) is 101 Å². The molecule has 3 aliphatic rings. The van der Waals surface area contributed by atoms with Gasteiger partial charge in [0.1, 0.15) is 29.2 Å². The molecule has 0 radical (unpaired) electrons. The van der Waals surface area contributed by atoms with Crippen LogP contribution < -0.4 is 10.5 Å². The predicted octanol–water partition coefficient (Wildman–Crippen LogP) is 2.62. The smallest absolute Gasteiger partial charge is 0.283 e. The van der Waals surface area contributed by atoms with Gasteiger partial charge in [-0.1, -0.05) is 6.07 Å². The van der Waals surface area contributed by atoms with E-state index >= 15 is 0 Å². The summed E-state index contributed by atoms with van der Waals surface area (Å²) in [6.45, 7) is 9.53. The number of ketones is 1. The van der Waals surface area contributed by atoms with Crippen LogP contribution in [0.2, 0.25) is 0 Å². The standard InChI is InChI=1S/C23H28N4O4/c1-14(2)27-8-7-17(26-27)18(28)10-15-5-6-19-16(9-15)23(13-30-20(24)25-23)22(11-29-12-22)21(3,4)31-19/h5-9,14H,10-13H2,1-4H3,(H2,24,25). The summed E-state index contributed by atoms with van der Waals surface area (Å²) >= 11 is 0. The quantitative estimate of drug-likeness (QED) is 0.757. The molecule has 1 saturated heterocycles. The largest absolute Gasteiger partial charge is 0.487 e. The molecule has 8 nitrogen and oxygen atoms in total. The molecule has 1 aromatic carbocycles. The van der Waals surface area contributed by atoms with Crippen LogP contribution in [-0.2, 0) is 21.4 Å². The number of hydrogen-bond donors (Lipinski definition) is 1. The molecule has 5 rings (SSSR count). The molecule has 1 atom stereocenters. The van der Waals surface area contributed by atoms with Crippen LogP contribution in [0.4, 0.5) is 0 Å². The molecule has 3 aliphatic heterocycles. The molecule has 8 heteroatoms. The molecule has 2 N–H and O–H groups in total. The van der Waals surface area contributed by atoms with Crippen molar-refractivity contribution in [1.29, 1.82) is 0 Å². The van der Waals surface area contributed by atoms with E-state index < -0.39 is 16.6 Å². The van der Waals surface area contributed by atoms with Gasteiger partial charge >= 0.3 is 0 Å². The second-order valence-electron chi connectivity index (χ2n) is 9.49. The van der Waals surface area contributed by atoms with Gasteiger partial charge in [-0.15, -0.1) is 0 Å². The number of hydrogen-bond acceptors (Lipinski definition) is 7. The number of amidine groups is 1. The lowest BCUT2D eigenvalue weighted by Gasteiger charge is -2.61. The lowest BCUT2D eigenvalue weighted by molar-refractivity contribution is -0.247. The van der Waals surface area contributed by atoms with Crippen molar-refractivity contribution in [2.45, 2.75) is 51.3 Å². The van der Waals surface area contributed by atoms with E-state index in [0.717, 1.165) is 16.9 Å². The Labute approximate surface area is 181 Å². The van der Waals surface area contributed by atoms with Gasteiger partial charge in [0.25, 0.3) is 6.02 Å². The highest BCUT2D eigenvalue weighted by Gasteiger charge is 2.71. The molecular weight excluding hydrogens is 396 g/mol. The van der Waals surface area contributed by atoms with E-state index in [4.69, 9.17) is 24.9 Å². The van der Waals surface area contributed by atoms with Gasteiger partial charge in [0.2, 0.25) is 0 Å². The maximum absolute atomic E-state index is 12.9. The minimum atomic E-state index is -0.704. The minimum absolute atomic E-state index is 0.0298. The van der Waals surface area contributed by atoms with Crippen molar-refractivity contribution in [3.63, 3.8) is 0 Å². The number of nitrogens with two attached hydrogens (primary N) is 1. The summed E-state index contributed by atoms with van der Waals surface area (Å²) in [4.78, 5) is 17.7. The van der Waals surface area contributed by atoms with Crippen molar-refractivity contribution in [1.82, 2.24) is 9.78 Å². The number of nitrogens with zero attached hydrogens (tertiary/aromatic N) is 3. The van der Waals surface area contributed by atoms with Gasteiger partial charge in [-0.05, 0) is 51.5 Å². The summed E-state index contributed by atoms with van der Waals surface area (Å²) in [5.74, 6) is 0.711. The average Bonchev–Trinajstić information content (AvgIpc) is 3.29. The zero-order chi connectivity index (χ0) is 22.0. The van der Waals surface area contributed by atoms with E-state index in [-0.39, 0.29) is 24.3 Å². The molecule has 0 saturated carbocycles. The lowest BCUT2D eigenvalue weighted by Crippen LogP contribution is -2.71. The number of rotatable bonds is 4. The molecule has 164 valence electrons. The van der Waals surface area contributed by atoms with Gasteiger partial charge in [0.15, 0.2) is 5.78 Å². The third-order valence-electron chi connectivity index (χ3n) is 7.01. The van der Waals surface area contributed by atoms with Gasteiger partial charge in [-0.3, -0.25) is 9.48 Å². The van der Waals surface area contributed by atoms with Crippen LogP contribution >= 0.6 is 0 Å². The Morgan fingerprint density at radius 2 is 2.00 bits per heavy atom. The van der Waals surface area contributed by atoms with E-state index in [0.29, 0.717) is 25.5 Å². The SMILES string of the molecule is CC(C)n1ccc(C(=O)Cc2ccc3c(c2)C2(COC(N)=N2)C2(COC2)C(C)(C)O3)n1. The van der Waals surface area contributed by atoms with Crippen molar-refractivity contribution < 1.29 is 19.0 Å². The predicted molar refractivity (Wildman–Crippen MR) is 114 cm³/mol. The first-order valence-electron chi connectivity index (χ1n) is 10.6. The van der Waals surface area contributed by atoms with Crippen molar-refractivity contribution in [2.24, 2.45) is 16.1 Å². The fraction of sp³-hybridized carbons (Fsp3) is 0.522. The number of ether oxygens (including phenoxy) is 3. The third kappa shape index (κ3) is 2.74. The molecule has 0 amide bonds. The Hall–Kier alpha value is -2.87. The minimum Gasteiger partial charge on any atom is -0.487 e. The van der Waals surface area contributed by atoms with Crippen molar-refractivity contribution >= 4 is 11.8 Å². The molecule has 0 aliphatic carbocycles. The van der Waals surface area contributed by atoms with E-state index in [2.05, 4.69) is 18.9 Å². The monoisotopic (exact) mass is 424 g/mol. The van der Waals surface area contributed by atoms with Gasteiger partial charge < -0.3 is 19.9 Å². The Balaban J connectivity index is 1.53. The highest BCUT2D eigenvalue weighted by atomic mass is 16.5. The molecule has 2 spiro atoms. The zero-order valence-electron chi connectivity index (χ0n) is 18.3. The molecule has 1 aromatic heterocycles. The summed E-state index contributed by atoms with van der Waals surface area (Å²) < 4.78 is 19.5. The van der Waals surface area contributed by atoms with Gasteiger partial charge in [-0.25, -0.2) is 4.99 Å². The van der Waals surface area contributed by atoms with Gasteiger partial charge in [0, 0.05) is 24.2 Å². The Morgan fingerprint density at radius 3 is 2.58 bits per heavy atom. The summed E-state index contributed by atoms with van der Waals surface area (Å²) in [7, 11) is 0. The first-order chi connectivity index (χ1) is 14.7. The summed E-state index contributed by atoms with van der Waals surface area (Å²) in [6.07, 6.45) is 2.08. The van der Waals surface area contributed by atoms with Crippen molar-refractivity contribution in [3.8, 4) is 5.75 Å². The summed E-state index contributed by atoms with van der Waals surface area (Å²) in [6, 6.07) is 8.01. The highest BCUT2D eigenvalue weighted by molar-refractivity contribution is 5.95. The molecule has 1 unspecified atom stereocenters.